The Balaban J connectivity index is 0.00000361. The van der Waals surface area contributed by atoms with Crippen LogP contribution < -0.4 is 5.32 Å². The minimum Gasteiger partial charge on any atom is -0.469 e. The molecule has 1 rings (SSSR count). The highest BCUT2D eigenvalue weighted by Gasteiger charge is 2.26. The number of esters is 1. The third-order valence-electron chi connectivity index (χ3n) is 3.22. The standard InChI is InChI=1S/C13H25N3O2S.HI/c1-4-14-13(15-7-10-19-3)16-8-5-11(6-9-16)12(17)18-2;/h11H,4-10H2,1-3H3,(H,14,15);1H. The van der Waals surface area contributed by atoms with E-state index in [-0.39, 0.29) is 35.9 Å². The van der Waals surface area contributed by atoms with Crippen LogP contribution in [0.15, 0.2) is 4.99 Å². The number of methoxy groups -OCH3 is 1. The van der Waals surface area contributed by atoms with E-state index >= 15 is 0 Å². The van der Waals surface area contributed by atoms with Crippen molar-refractivity contribution in [1.29, 1.82) is 0 Å². The number of ether oxygens (including phenoxy) is 1. The predicted octanol–water partition coefficient (Wildman–Crippen LogP) is 1.82. The van der Waals surface area contributed by atoms with E-state index < -0.39 is 0 Å². The summed E-state index contributed by atoms with van der Waals surface area (Å²) in [5.41, 5.74) is 0. The van der Waals surface area contributed by atoms with Gasteiger partial charge in [-0.2, -0.15) is 11.8 Å². The number of carbonyl (C=O) groups is 1. The first-order valence-corrected chi connectivity index (χ1v) is 8.22. The molecule has 0 bridgehead atoms. The second-order valence-corrected chi connectivity index (χ2v) is 5.50. The van der Waals surface area contributed by atoms with Crippen LogP contribution in [0, 0.1) is 5.92 Å². The number of nitrogens with one attached hydrogen (secondary N) is 1. The SMILES string of the molecule is CCNC(=NCCSC)N1CCC(C(=O)OC)CC1.I. The van der Waals surface area contributed by atoms with Gasteiger partial charge in [-0.3, -0.25) is 9.79 Å². The van der Waals surface area contributed by atoms with Gasteiger partial charge in [0, 0.05) is 25.4 Å². The number of hydrogen-bond donors (Lipinski definition) is 1. The molecule has 0 atom stereocenters. The van der Waals surface area contributed by atoms with E-state index in [0.717, 1.165) is 50.7 Å². The maximum atomic E-state index is 11.5. The monoisotopic (exact) mass is 415 g/mol. The van der Waals surface area contributed by atoms with Gasteiger partial charge in [-0.1, -0.05) is 0 Å². The maximum absolute atomic E-state index is 11.5. The van der Waals surface area contributed by atoms with Crippen LogP contribution in [0.5, 0.6) is 0 Å². The molecule has 1 saturated heterocycles. The molecule has 0 unspecified atom stereocenters. The van der Waals surface area contributed by atoms with Gasteiger partial charge in [-0.15, -0.1) is 24.0 Å². The summed E-state index contributed by atoms with van der Waals surface area (Å²) in [6.07, 6.45) is 3.78. The van der Waals surface area contributed by atoms with Crippen molar-refractivity contribution in [3.8, 4) is 0 Å². The van der Waals surface area contributed by atoms with Crippen LogP contribution in [-0.2, 0) is 9.53 Å². The highest BCUT2D eigenvalue weighted by molar-refractivity contribution is 14.0. The lowest BCUT2D eigenvalue weighted by Gasteiger charge is -2.33. The van der Waals surface area contributed by atoms with Gasteiger partial charge in [0.2, 0.25) is 0 Å². The van der Waals surface area contributed by atoms with Crippen molar-refractivity contribution >= 4 is 47.7 Å². The molecule has 1 aliphatic heterocycles. The Hall–Kier alpha value is -0.180. The van der Waals surface area contributed by atoms with Crippen molar-refractivity contribution in [1.82, 2.24) is 10.2 Å². The van der Waals surface area contributed by atoms with Crippen LogP contribution in [0.3, 0.4) is 0 Å². The largest absolute Gasteiger partial charge is 0.469 e. The molecule has 7 heteroatoms. The minimum absolute atomic E-state index is 0. The average Bonchev–Trinajstić information content (AvgIpc) is 2.46. The molecule has 1 aliphatic rings. The zero-order chi connectivity index (χ0) is 14.1. The van der Waals surface area contributed by atoms with Gasteiger partial charge in [-0.05, 0) is 26.0 Å². The van der Waals surface area contributed by atoms with Gasteiger partial charge in [0.1, 0.15) is 0 Å². The van der Waals surface area contributed by atoms with Crippen LogP contribution >= 0.6 is 35.7 Å². The molecule has 0 spiro atoms. The fraction of sp³-hybridized carbons (Fsp3) is 0.846. The predicted molar refractivity (Wildman–Crippen MR) is 96.1 cm³/mol. The van der Waals surface area contributed by atoms with Gasteiger partial charge in [-0.25, -0.2) is 0 Å². The fourth-order valence-corrected chi connectivity index (χ4v) is 2.44. The van der Waals surface area contributed by atoms with Gasteiger partial charge >= 0.3 is 5.97 Å². The fourth-order valence-electron chi connectivity index (χ4n) is 2.16. The molecule has 0 aromatic rings. The summed E-state index contributed by atoms with van der Waals surface area (Å²) in [6, 6.07) is 0. The van der Waals surface area contributed by atoms with Crippen molar-refractivity contribution < 1.29 is 9.53 Å². The summed E-state index contributed by atoms with van der Waals surface area (Å²) in [5.74, 6) is 1.98. The zero-order valence-corrected chi connectivity index (χ0v) is 15.7. The molecule has 0 aromatic carbocycles. The quantitative estimate of drug-likeness (QED) is 0.244. The molecule has 0 amide bonds. The summed E-state index contributed by atoms with van der Waals surface area (Å²) in [6.45, 7) is 5.51. The molecule has 0 saturated carbocycles. The van der Waals surface area contributed by atoms with Gasteiger partial charge in [0.15, 0.2) is 5.96 Å². The van der Waals surface area contributed by atoms with Crippen molar-refractivity contribution in [3.05, 3.63) is 0 Å². The molecule has 0 aromatic heterocycles. The zero-order valence-electron chi connectivity index (χ0n) is 12.6. The molecule has 1 N–H and O–H groups in total. The second kappa shape index (κ2) is 11.5. The number of nitrogens with zero attached hydrogens (tertiary/aromatic N) is 2. The van der Waals surface area contributed by atoms with Crippen LogP contribution in [0.2, 0.25) is 0 Å². The summed E-state index contributed by atoms with van der Waals surface area (Å²) in [4.78, 5) is 18.3. The number of halogens is 1. The Kier molecular flexibility index (Phi) is 11.4. The van der Waals surface area contributed by atoms with Gasteiger partial charge < -0.3 is 15.0 Å². The minimum atomic E-state index is -0.0797. The van der Waals surface area contributed by atoms with E-state index in [2.05, 4.69) is 28.4 Å². The Morgan fingerprint density at radius 2 is 2.10 bits per heavy atom. The topological polar surface area (TPSA) is 53.9 Å². The molecule has 0 aliphatic carbocycles. The lowest BCUT2D eigenvalue weighted by atomic mass is 9.97. The molecule has 118 valence electrons. The van der Waals surface area contributed by atoms with Gasteiger partial charge in [0.25, 0.3) is 0 Å². The first kappa shape index (κ1) is 19.8. The number of piperidine rings is 1. The number of carbonyl (C=O) groups excluding carboxylic acids is 1. The lowest BCUT2D eigenvalue weighted by molar-refractivity contribution is -0.146. The van der Waals surface area contributed by atoms with E-state index in [1.54, 1.807) is 11.8 Å². The Labute approximate surface area is 143 Å². The third-order valence-corrected chi connectivity index (χ3v) is 3.81. The molecular weight excluding hydrogens is 389 g/mol. The van der Waals surface area contributed by atoms with E-state index in [4.69, 9.17) is 4.74 Å². The van der Waals surface area contributed by atoms with Crippen molar-refractivity contribution in [2.24, 2.45) is 10.9 Å². The second-order valence-electron chi connectivity index (χ2n) is 4.51. The van der Waals surface area contributed by atoms with Crippen molar-refractivity contribution in [3.63, 3.8) is 0 Å². The summed E-state index contributed by atoms with van der Waals surface area (Å²) >= 11 is 1.80. The third kappa shape index (κ3) is 6.51. The first-order chi connectivity index (χ1) is 9.22. The van der Waals surface area contributed by atoms with Gasteiger partial charge in [0.05, 0.1) is 19.6 Å². The highest BCUT2D eigenvalue weighted by atomic mass is 127. The normalized spacial score (nSPS) is 16.6. The van der Waals surface area contributed by atoms with Crippen molar-refractivity contribution in [2.45, 2.75) is 19.8 Å². The Bertz CT molecular complexity index is 308. The number of hydrogen-bond acceptors (Lipinski definition) is 4. The van der Waals surface area contributed by atoms with Crippen LogP contribution in [0.1, 0.15) is 19.8 Å². The smallest absolute Gasteiger partial charge is 0.308 e. The van der Waals surface area contributed by atoms with Crippen LogP contribution in [0.4, 0.5) is 0 Å². The highest BCUT2D eigenvalue weighted by Crippen LogP contribution is 2.18. The number of likely N-dealkylation sites (tertiary alicyclic amines) is 1. The summed E-state index contributed by atoms with van der Waals surface area (Å²) < 4.78 is 4.81. The molecule has 1 heterocycles. The Morgan fingerprint density at radius 1 is 1.45 bits per heavy atom. The molecular formula is C13H26IN3O2S. The molecule has 5 nitrogen and oxygen atoms in total. The van der Waals surface area contributed by atoms with E-state index in [1.807, 2.05) is 0 Å². The number of guanidine groups is 1. The Morgan fingerprint density at radius 3 is 2.60 bits per heavy atom. The summed E-state index contributed by atoms with van der Waals surface area (Å²) in [7, 11) is 1.46. The van der Waals surface area contributed by atoms with E-state index in [0.29, 0.717) is 0 Å². The molecule has 1 fully saturated rings. The molecule has 0 radical (unpaired) electrons. The van der Waals surface area contributed by atoms with Crippen LogP contribution in [0.25, 0.3) is 0 Å². The number of thioether (sulfide) groups is 1. The summed E-state index contributed by atoms with van der Waals surface area (Å²) in [5, 5.41) is 3.32. The van der Waals surface area contributed by atoms with E-state index in [1.165, 1.54) is 7.11 Å². The van der Waals surface area contributed by atoms with E-state index in [9.17, 15) is 4.79 Å². The number of aliphatic imine (C=N–C) groups is 1. The van der Waals surface area contributed by atoms with Crippen molar-refractivity contribution in [2.75, 3.05) is 45.3 Å². The van der Waals surface area contributed by atoms with Crippen LogP contribution in [-0.4, -0.2) is 62.1 Å². The maximum Gasteiger partial charge on any atom is 0.308 e. The first-order valence-electron chi connectivity index (χ1n) is 6.83. The molecule has 20 heavy (non-hydrogen) atoms. The average molecular weight is 415 g/mol. The lowest BCUT2D eigenvalue weighted by Crippen LogP contribution is -2.46. The number of rotatable bonds is 5.